The summed E-state index contributed by atoms with van der Waals surface area (Å²) >= 11 is 6.07. The molecule has 0 aliphatic heterocycles. The molecular formula is C21H22ClNO2S. The fourth-order valence-corrected chi connectivity index (χ4v) is 5.20. The molecule has 0 amide bonds. The lowest BCUT2D eigenvalue weighted by Gasteiger charge is -2.23. The summed E-state index contributed by atoms with van der Waals surface area (Å²) in [5.74, 6) is 0. The molecule has 1 spiro atoms. The standard InChI is InChI=1S/C21H22ClNO2S/c22-17-7-3-15(4-8-17)19-13-21(11-1-2-12-21)14-20(19)16-5-9-18(10-6-16)26(23,24)25/h3-10H,1-2,11-14H2,(H2,23,24,25). The average molecular weight is 388 g/mol. The van der Waals surface area contributed by atoms with Crippen LogP contribution in [-0.4, -0.2) is 8.42 Å². The van der Waals surface area contributed by atoms with E-state index in [9.17, 15) is 8.42 Å². The highest BCUT2D eigenvalue weighted by Crippen LogP contribution is 2.57. The van der Waals surface area contributed by atoms with Gasteiger partial charge in [-0.2, -0.15) is 0 Å². The number of nitrogens with two attached hydrogens (primary N) is 1. The van der Waals surface area contributed by atoms with Gasteiger partial charge in [0.1, 0.15) is 0 Å². The Morgan fingerprint density at radius 1 is 0.808 bits per heavy atom. The van der Waals surface area contributed by atoms with Gasteiger partial charge in [0.25, 0.3) is 0 Å². The van der Waals surface area contributed by atoms with Gasteiger partial charge in [-0.25, -0.2) is 13.6 Å². The molecule has 26 heavy (non-hydrogen) atoms. The van der Waals surface area contributed by atoms with E-state index in [2.05, 4.69) is 12.1 Å². The molecular weight excluding hydrogens is 366 g/mol. The Bertz CT molecular complexity index is 954. The van der Waals surface area contributed by atoms with E-state index in [0.29, 0.717) is 5.41 Å². The quantitative estimate of drug-likeness (QED) is 0.781. The van der Waals surface area contributed by atoms with Gasteiger partial charge in [-0.1, -0.05) is 48.7 Å². The number of primary sulfonamides is 1. The van der Waals surface area contributed by atoms with Crippen LogP contribution in [0.2, 0.25) is 5.02 Å². The van der Waals surface area contributed by atoms with Gasteiger partial charge in [0, 0.05) is 5.02 Å². The summed E-state index contributed by atoms with van der Waals surface area (Å²) in [7, 11) is -3.67. The van der Waals surface area contributed by atoms with Crippen molar-refractivity contribution in [2.24, 2.45) is 10.6 Å². The maximum atomic E-state index is 11.5. The summed E-state index contributed by atoms with van der Waals surface area (Å²) < 4.78 is 23.1. The van der Waals surface area contributed by atoms with Crippen LogP contribution in [0.25, 0.3) is 11.1 Å². The number of rotatable bonds is 3. The second-order valence-corrected chi connectivity index (χ2v) is 9.59. The molecule has 0 aromatic heterocycles. The second-order valence-electron chi connectivity index (χ2n) is 7.59. The lowest BCUT2D eigenvalue weighted by molar-refractivity contribution is 0.330. The first-order chi connectivity index (χ1) is 12.4. The topological polar surface area (TPSA) is 60.2 Å². The van der Waals surface area contributed by atoms with Crippen LogP contribution < -0.4 is 5.14 Å². The lowest BCUT2D eigenvalue weighted by atomic mass is 9.81. The first-order valence-corrected chi connectivity index (χ1v) is 10.9. The van der Waals surface area contributed by atoms with E-state index < -0.39 is 10.0 Å². The fourth-order valence-electron chi connectivity index (χ4n) is 4.55. The molecule has 3 nitrogen and oxygen atoms in total. The van der Waals surface area contributed by atoms with E-state index in [1.54, 1.807) is 12.1 Å². The van der Waals surface area contributed by atoms with Crippen LogP contribution in [0.4, 0.5) is 0 Å². The Hall–Kier alpha value is -1.62. The number of allylic oxidation sites excluding steroid dienone is 2. The molecule has 2 N–H and O–H groups in total. The summed E-state index contributed by atoms with van der Waals surface area (Å²) in [6, 6.07) is 15.0. The maximum Gasteiger partial charge on any atom is 0.238 e. The van der Waals surface area contributed by atoms with Crippen molar-refractivity contribution in [2.45, 2.75) is 43.4 Å². The molecule has 0 bridgehead atoms. The Morgan fingerprint density at radius 3 is 1.73 bits per heavy atom. The van der Waals surface area contributed by atoms with Gasteiger partial charge in [-0.15, -0.1) is 0 Å². The first-order valence-electron chi connectivity index (χ1n) is 8.98. The second kappa shape index (κ2) is 6.52. The molecule has 2 aromatic carbocycles. The molecule has 2 aliphatic rings. The van der Waals surface area contributed by atoms with Gasteiger partial charge in [0.15, 0.2) is 0 Å². The van der Waals surface area contributed by atoms with Crippen LogP contribution in [0.1, 0.15) is 49.7 Å². The fraction of sp³-hybridized carbons (Fsp3) is 0.333. The van der Waals surface area contributed by atoms with Gasteiger partial charge in [-0.05, 0) is 77.6 Å². The van der Waals surface area contributed by atoms with Gasteiger partial charge in [0.2, 0.25) is 10.0 Å². The largest absolute Gasteiger partial charge is 0.238 e. The highest BCUT2D eigenvalue weighted by Gasteiger charge is 2.41. The number of halogens is 1. The summed E-state index contributed by atoms with van der Waals surface area (Å²) in [5.41, 5.74) is 5.36. The Morgan fingerprint density at radius 2 is 1.27 bits per heavy atom. The predicted molar refractivity (Wildman–Crippen MR) is 106 cm³/mol. The zero-order valence-electron chi connectivity index (χ0n) is 14.5. The van der Waals surface area contributed by atoms with Crippen molar-refractivity contribution in [2.75, 3.05) is 0 Å². The minimum absolute atomic E-state index is 0.156. The molecule has 5 heteroatoms. The van der Waals surface area contributed by atoms with E-state index in [4.69, 9.17) is 16.7 Å². The lowest BCUT2D eigenvalue weighted by Crippen LogP contribution is -2.12. The maximum absolute atomic E-state index is 11.5. The van der Waals surface area contributed by atoms with Crippen molar-refractivity contribution in [3.63, 3.8) is 0 Å². The van der Waals surface area contributed by atoms with Crippen LogP contribution in [0.3, 0.4) is 0 Å². The number of hydrogen-bond donors (Lipinski definition) is 1. The van der Waals surface area contributed by atoms with E-state index in [-0.39, 0.29) is 4.90 Å². The molecule has 1 saturated carbocycles. The molecule has 2 aliphatic carbocycles. The summed E-state index contributed by atoms with van der Waals surface area (Å²) in [6.45, 7) is 0. The van der Waals surface area contributed by atoms with E-state index in [1.807, 2.05) is 24.3 Å². The molecule has 0 saturated heterocycles. The minimum atomic E-state index is -3.67. The van der Waals surface area contributed by atoms with E-state index >= 15 is 0 Å². The molecule has 4 rings (SSSR count). The van der Waals surface area contributed by atoms with Crippen molar-refractivity contribution in [1.29, 1.82) is 0 Å². The van der Waals surface area contributed by atoms with Crippen molar-refractivity contribution in [1.82, 2.24) is 0 Å². The van der Waals surface area contributed by atoms with Crippen LogP contribution in [0.5, 0.6) is 0 Å². The van der Waals surface area contributed by atoms with Crippen molar-refractivity contribution in [3.8, 4) is 0 Å². The molecule has 0 atom stereocenters. The monoisotopic (exact) mass is 387 g/mol. The highest BCUT2D eigenvalue weighted by molar-refractivity contribution is 7.89. The summed E-state index contributed by atoms with van der Waals surface area (Å²) in [4.78, 5) is 0.156. The Balaban J connectivity index is 1.78. The van der Waals surface area contributed by atoms with Crippen molar-refractivity contribution >= 4 is 32.8 Å². The molecule has 136 valence electrons. The van der Waals surface area contributed by atoms with Crippen LogP contribution in [-0.2, 0) is 10.0 Å². The van der Waals surface area contributed by atoms with Gasteiger partial charge in [-0.3, -0.25) is 0 Å². The van der Waals surface area contributed by atoms with Crippen molar-refractivity contribution in [3.05, 3.63) is 64.7 Å². The van der Waals surface area contributed by atoms with Crippen LogP contribution in [0, 0.1) is 5.41 Å². The molecule has 2 aromatic rings. The SMILES string of the molecule is NS(=O)(=O)c1ccc(C2=C(c3ccc(Cl)cc3)CC3(CCCC3)C2)cc1. The average Bonchev–Trinajstić information content (AvgIpc) is 3.22. The number of hydrogen-bond acceptors (Lipinski definition) is 2. The zero-order chi connectivity index (χ0) is 18.4. The minimum Gasteiger partial charge on any atom is -0.225 e. The third-order valence-corrected chi connectivity index (χ3v) is 7.04. The summed E-state index contributed by atoms with van der Waals surface area (Å²) in [5, 5.41) is 5.97. The Kier molecular flexibility index (Phi) is 4.46. The highest BCUT2D eigenvalue weighted by atomic mass is 35.5. The van der Waals surface area contributed by atoms with Gasteiger partial charge >= 0.3 is 0 Å². The molecule has 0 heterocycles. The first kappa shape index (κ1) is 17.8. The van der Waals surface area contributed by atoms with Crippen LogP contribution in [0.15, 0.2) is 53.4 Å². The Labute approximate surface area is 159 Å². The van der Waals surface area contributed by atoms with Crippen LogP contribution >= 0.6 is 11.6 Å². The van der Waals surface area contributed by atoms with Gasteiger partial charge < -0.3 is 0 Å². The van der Waals surface area contributed by atoms with Gasteiger partial charge in [0.05, 0.1) is 4.90 Å². The number of benzene rings is 2. The molecule has 1 fully saturated rings. The smallest absolute Gasteiger partial charge is 0.225 e. The van der Waals surface area contributed by atoms with E-state index in [0.717, 1.165) is 23.4 Å². The summed E-state index contributed by atoms with van der Waals surface area (Å²) in [6.07, 6.45) is 7.27. The normalized spacial score (nSPS) is 19.5. The molecule has 0 radical (unpaired) electrons. The van der Waals surface area contributed by atoms with Crippen molar-refractivity contribution < 1.29 is 8.42 Å². The zero-order valence-corrected chi connectivity index (χ0v) is 16.1. The third-order valence-electron chi connectivity index (χ3n) is 5.86. The third kappa shape index (κ3) is 3.34. The number of sulfonamides is 1. The molecule has 0 unspecified atom stereocenters. The van der Waals surface area contributed by atoms with E-state index in [1.165, 1.54) is 42.4 Å². The predicted octanol–water partition coefficient (Wildman–Crippen LogP) is 5.25.